The molecule has 1 fully saturated rings. The Kier molecular flexibility index (Phi) is 5.13. The average Bonchev–Trinajstić information content (AvgIpc) is 3.25. The summed E-state index contributed by atoms with van der Waals surface area (Å²) in [5.74, 6) is 1.86. The molecule has 1 saturated heterocycles. The van der Waals surface area contributed by atoms with Gasteiger partial charge in [0.05, 0.1) is 0 Å². The molecule has 154 valence electrons. The van der Waals surface area contributed by atoms with Gasteiger partial charge in [0.2, 0.25) is 0 Å². The van der Waals surface area contributed by atoms with E-state index < -0.39 is 0 Å². The minimum absolute atomic E-state index is 0.150. The van der Waals surface area contributed by atoms with E-state index in [0.29, 0.717) is 25.6 Å². The Morgan fingerprint density at radius 2 is 1.70 bits per heavy atom. The molecule has 0 amide bonds. The van der Waals surface area contributed by atoms with Gasteiger partial charge in [0.1, 0.15) is 19.0 Å². The van der Waals surface area contributed by atoms with Crippen molar-refractivity contribution in [1.82, 2.24) is 4.90 Å². The number of fused-ring (bicyclic) bond motifs is 2. The Morgan fingerprint density at radius 3 is 2.47 bits per heavy atom. The first kappa shape index (κ1) is 19.1. The summed E-state index contributed by atoms with van der Waals surface area (Å²) in [4.78, 5) is 15.1. The van der Waals surface area contributed by atoms with Gasteiger partial charge in [-0.05, 0) is 65.6 Å². The number of hydrogen-bond donors (Lipinski definition) is 0. The van der Waals surface area contributed by atoms with E-state index >= 15 is 0 Å². The number of ether oxygens (including phenoxy) is 2. The highest BCUT2D eigenvalue weighted by atomic mass is 19.1. The van der Waals surface area contributed by atoms with Crippen molar-refractivity contribution in [3.63, 3.8) is 0 Å². The third-order valence-electron chi connectivity index (χ3n) is 6.09. The summed E-state index contributed by atoms with van der Waals surface area (Å²) >= 11 is 0. The fourth-order valence-electron chi connectivity index (χ4n) is 4.40. The Labute approximate surface area is 175 Å². The van der Waals surface area contributed by atoms with Crippen molar-refractivity contribution in [2.75, 3.05) is 32.8 Å². The van der Waals surface area contributed by atoms with Crippen LogP contribution in [0.15, 0.2) is 54.6 Å². The normalized spacial score (nSPS) is 18.6. The number of benzene rings is 3. The monoisotopic (exact) mass is 405 g/mol. The quantitative estimate of drug-likeness (QED) is 0.571. The van der Waals surface area contributed by atoms with Crippen LogP contribution in [0.25, 0.3) is 10.8 Å². The van der Waals surface area contributed by atoms with E-state index in [2.05, 4.69) is 4.90 Å². The zero-order valence-electron chi connectivity index (χ0n) is 16.8. The maximum Gasteiger partial charge on any atom is 0.164 e. The van der Waals surface area contributed by atoms with Gasteiger partial charge in [-0.2, -0.15) is 0 Å². The summed E-state index contributed by atoms with van der Waals surface area (Å²) < 4.78 is 24.4. The number of carbonyl (C=O) groups is 1. The molecule has 0 N–H and O–H groups in total. The number of hydrogen-bond acceptors (Lipinski definition) is 4. The summed E-state index contributed by atoms with van der Waals surface area (Å²) in [6.45, 7) is 3.74. The van der Waals surface area contributed by atoms with Crippen LogP contribution in [0.5, 0.6) is 11.5 Å². The summed E-state index contributed by atoms with van der Waals surface area (Å²) in [6, 6.07) is 16.5. The number of Topliss-reactive ketones (excluding diaryl/α,β-unsaturated/α-hetero) is 1. The van der Waals surface area contributed by atoms with Crippen LogP contribution >= 0.6 is 0 Å². The first-order valence-corrected chi connectivity index (χ1v) is 10.5. The molecule has 30 heavy (non-hydrogen) atoms. The van der Waals surface area contributed by atoms with Crippen LogP contribution in [0.1, 0.15) is 34.7 Å². The van der Waals surface area contributed by atoms with E-state index in [1.807, 2.05) is 42.5 Å². The largest absolute Gasteiger partial charge is 0.486 e. The van der Waals surface area contributed by atoms with Crippen LogP contribution in [0, 0.1) is 5.82 Å². The topological polar surface area (TPSA) is 38.8 Å². The van der Waals surface area contributed by atoms with E-state index in [1.54, 1.807) is 0 Å². The predicted molar refractivity (Wildman–Crippen MR) is 114 cm³/mol. The van der Waals surface area contributed by atoms with Crippen molar-refractivity contribution in [2.24, 2.45) is 0 Å². The number of rotatable bonds is 5. The molecule has 1 atom stereocenters. The van der Waals surface area contributed by atoms with E-state index in [4.69, 9.17) is 9.47 Å². The molecule has 3 aromatic rings. The molecule has 0 aromatic heterocycles. The highest BCUT2D eigenvalue weighted by Crippen LogP contribution is 2.35. The third-order valence-corrected chi connectivity index (χ3v) is 6.09. The van der Waals surface area contributed by atoms with Crippen LogP contribution in [0.4, 0.5) is 4.39 Å². The fraction of sp³-hybridized carbons (Fsp3) is 0.320. The number of ketones is 1. The first-order chi connectivity index (χ1) is 14.7. The van der Waals surface area contributed by atoms with Crippen molar-refractivity contribution < 1.29 is 18.7 Å². The van der Waals surface area contributed by atoms with E-state index in [-0.39, 0.29) is 11.6 Å². The number of nitrogens with zero attached hydrogens (tertiary/aromatic N) is 1. The number of halogens is 1. The lowest BCUT2D eigenvalue weighted by atomic mass is 9.98. The summed E-state index contributed by atoms with van der Waals surface area (Å²) in [7, 11) is 0. The smallest absolute Gasteiger partial charge is 0.164 e. The molecule has 1 unspecified atom stereocenters. The average molecular weight is 405 g/mol. The predicted octanol–water partition coefficient (Wildman–Crippen LogP) is 4.81. The second kappa shape index (κ2) is 8.07. The molecule has 3 aromatic carbocycles. The third kappa shape index (κ3) is 3.90. The maximum atomic E-state index is 13.1. The highest BCUT2D eigenvalue weighted by molar-refractivity contribution is 6.00. The molecule has 2 aliphatic rings. The van der Waals surface area contributed by atoms with Crippen LogP contribution in [-0.4, -0.2) is 43.5 Å². The van der Waals surface area contributed by atoms with E-state index in [1.165, 1.54) is 17.7 Å². The molecule has 2 aliphatic heterocycles. The maximum absolute atomic E-state index is 13.1. The van der Waals surface area contributed by atoms with Crippen molar-refractivity contribution in [3.8, 4) is 11.5 Å². The van der Waals surface area contributed by atoms with Crippen LogP contribution < -0.4 is 9.47 Å². The fourth-order valence-corrected chi connectivity index (χ4v) is 4.40. The Morgan fingerprint density at radius 1 is 0.967 bits per heavy atom. The van der Waals surface area contributed by atoms with Gasteiger partial charge >= 0.3 is 0 Å². The van der Waals surface area contributed by atoms with Gasteiger partial charge < -0.3 is 14.4 Å². The van der Waals surface area contributed by atoms with Crippen LogP contribution in [-0.2, 0) is 0 Å². The summed E-state index contributed by atoms with van der Waals surface area (Å²) in [5.41, 5.74) is 1.91. The van der Waals surface area contributed by atoms with Gasteiger partial charge in [0.25, 0.3) is 0 Å². The molecule has 0 radical (unpaired) electrons. The molecular formula is C25H24FNO3. The lowest BCUT2D eigenvalue weighted by Crippen LogP contribution is -2.23. The molecule has 0 spiro atoms. The minimum atomic E-state index is -0.200. The first-order valence-electron chi connectivity index (χ1n) is 10.5. The van der Waals surface area contributed by atoms with E-state index in [9.17, 15) is 9.18 Å². The van der Waals surface area contributed by atoms with Gasteiger partial charge in [0.15, 0.2) is 17.3 Å². The zero-order chi connectivity index (χ0) is 20.5. The van der Waals surface area contributed by atoms with Crippen molar-refractivity contribution in [2.45, 2.75) is 18.8 Å². The van der Waals surface area contributed by atoms with E-state index in [0.717, 1.165) is 53.9 Å². The zero-order valence-corrected chi connectivity index (χ0v) is 16.8. The van der Waals surface area contributed by atoms with Gasteiger partial charge in [-0.1, -0.05) is 24.3 Å². The molecule has 2 heterocycles. The summed E-state index contributed by atoms with van der Waals surface area (Å²) in [6.07, 6.45) is 1.54. The lowest BCUT2D eigenvalue weighted by molar-refractivity contribution is 0.0969. The molecule has 0 bridgehead atoms. The minimum Gasteiger partial charge on any atom is -0.486 e. The van der Waals surface area contributed by atoms with Crippen LogP contribution in [0.3, 0.4) is 0 Å². The van der Waals surface area contributed by atoms with Gasteiger partial charge in [-0.25, -0.2) is 4.39 Å². The Bertz CT molecular complexity index is 1080. The lowest BCUT2D eigenvalue weighted by Gasteiger charge is -2.19. The molecule has 0 saturated carbocycles. The number of carbonyl (C=O) groups excluding carboxylic acids is 1. The van der Waals surface area contributed by atoms with Crippen molar-refractivity contribution >= 4 is 16.6 Å². The number of likely N-dealkylation sites (tertiary alicyclic amines) is 1. The molecular weight excluding hydrogens is 381 g/mol. The molecule has 5 rings (SSSR count). The molecule has 4 nitrogen and oxygen atoms in total. The van der Waals surface area contributed by atoms with Crippen molar-refractivity contribution in [1.29, 1.82) is 0 Å². The van der Waals surface area contributed by atoms with Gasteiger partial charge in [0, 0.05) is 25.1 Å². The second-order valence-corrected chi connectivity index (χ2v) is 8.07. The van der Waals surface area contributed by atoms with Gasteiger partial charge in [-0.15, -0.1) is 0 Å². The SMILES string of the molecule is O=C(CCN1CCC(c2ccc(F)cc2)C1)c1ccc2cc3c(cc2c1)OCCO3. The second-order valence-electron chi connectivity index (χ2n) is 8.07. The molecule has 5 heteroatoms. The van der Waals surface area contributed by atoms with Crippen molar-refractivity contribution in [3.05, 3.63) is 71.5 Å². The Hall–Kier alpha value is -2.92. The molecule has 0 aliphatic carbocycles. The standard InChI is InChI=1S/C25H24FNO3/c26-22-5-3-17(4-6-22)20-7-9-27(16-20)10-8-23(28)19-2-1-18-14-24-25(15-21(18)13-19)30-12-11-29-24/h1-6,13-15,20H,7-12,16H2. The Balaban J connectivity index is 1.22. The van der Waals surface area contributed by atoms with Gasteiger partial charge in [-0.3, -0.25) is 4.79 Å². The summed E-state index contributed by atoms with van der Waals surface area (Å²) in [5, 5.41) is 2.03. The highest BCUT2D eigenvalue weighted by Gasteiger charge is 2.24. The van der Waals surface area contributed by atoms with Crippen LogP contribution in [0.2, 0.25) is 0 Å².